The van der Waals surface area contributed by atoms with E-state index in [2.05, 4.69) is 20.1 Å². The third-order valence-corrected chi connectivity index (χ3v) is 1.53. The maximum absolute atomic E-state index is 5.40. The van der Waals surface area contributed by atoms with Crippen LogP contribution in [0.4, 0.5) is 0 Å². The second-order valence-corrected chi connectivity index (χ2v) is 2.62. The minimum Gasteiger partial charge on any atom is -0.403 e. The quantitative estimate of drug-likeness (QED) is 0.582. The molecular formula is C9H17N. The third-order valence-electron chi connectivity index (χ3n) is 1.53. The average Bonchev–Trinajstić information content (AvgIpc) is 1.87. The summed E-state index contributed by atoms with van der Waals surface area (Å²) in [6.07, 6.45) is 4.20. The van der Waals surface area contributed by atoms with Crippen molar-refractivity contribution in [3.05, 3.63) is 24.4 Å². The van der Waals surface area contributed by atoms with E-state index in [-0.39, 0.29) is 0 Å². The standard InChI is InChI=1S/C9H17N/c1-4-8(2)6-5-7-9(3)10/h2-7,10H2,1H3. The molecule has 0 spiro atoms. The lowest BCUT2D eigenvalue weighted by Crippen LogP contribution is -1.94. The fraction of sp³-hybridized carbons (Fsp3) is 0.556. The normalized spacial score (nSPS) is 9.30. The van der Waals surface area contributed by atoms with Gasteiger partial charge in [0.15, 0.2) is 0 Å². The topological polar surface area (TPSA) is 26.0 Å². The Hall–Kier alpha value is -0.720. The SMILES string of the molecule is C=C(N)CCCC(=C)CC. The minimum atomic E-state index is 0.781. The zero-order valence-electron chi connectivity index (χ0n) is 6.82. The van der Waals surface area contributed by atoms with Crippen molar-refractivity contribution in [3.63, 3.8) is 0 Å². The number of nitrogens with two attached hydrogens (primary N) is 1. The van der Waals surface area contributed by atoms with Gasteiger partial charge in [-0.15, -0.1) is 0 Å². The molecular weight excluding hydrogens is 122 g/mol. The molecule has 0 heterocycles. The molecule has 0 amide bonds. The van der Waals surface area contributed by atoms with E-state index in [0.29, 0.717) is 0 Å². The van der Waals surface area contributed by atoms with Gasteiger partial charge in [-0.3, -0.25) is 0 Å². The Labute approximate surface area is 63.6 Å². The zero-order valence-corrected chi connectivity index (χ0v) is 6.82. The molecule has 0 rings (SSSR count). The maximum atomic E-state index is 5.40. The van der Waals surface area contributed by atoms with Crippen LogP contribution >= 0.6 is 0 Å². The molecule has 0 aromatic carbocycles. The molecule has 0 saturated carbocycles. The van der Waals surface area contributed by atoms with E-state index < -0.39 is 0 Å². The lowest BCUT2D eigenvalue weighted by molar-refractivity contribution is 0.779. The molecule has 1 nitrogen and oxygen atoms in total. The van der Waals surface area contributed by atoms with Crippen molar-refractivity contribution < 1.29 is 0 Å². The summed E-state index contributed by atoms with van der Waals surface area (Å²) in [5, 5.41) is 0. The van der Waals surface area contributed by atoms with Crippen molar-refractivity contribution in [1.82, 2.24) is 0 Å². The van der Waals surface area contributed by atoms with Gasteiger partial charge in [-0.1, -0.05) is 25.7 Å². The van der Waals surface area contributed by atoms with Crippen molar-refractivity contribution in [3.8, 4) is 0 Å². The number of rotatable bonds is 5. The summed E-state index contributed by atoms with van der Waals surface area (Å²) in [6.45, 7) is 9.65. The second kappa shape index (κ2) is 5.10. The Morgan fingerprint density at radius 1 is 1.30 bits per heavy atom. The van der Waals surface area contributed by atoms with Gasteiger partial charge in [0.25, 0.3) is 0 Å². The second-order valence-electron chi connectivity index (χ2n) is 2.62. The lowest BCUT2D eigenvalue weighted by Gasteiger charge is -2.00. The minimum absolute atomic E-state index is 0.781. The molecule has 0 unspecified atom stereocenters. The Balaban J connectivity index is 3.20. The van der Waals surface area contributed by atoms with Gasteiger partial charge < -0.3 is 5.73 Å². The van der Waals surface area contributed by atoms with Crippen LogP contribution in [0, 0.1) is 0 Å². The first kappa shape index (κ1) is 9.28. The van der Waals surface area contributed by atoms with Crippen LogP contribution in [0.3, 0.4) is 0 Å². The van der Waals surface area contributed by atoms with E-state index in [1.165, 1.54) is 5.57 Å². The molecule has 0 fully saturated rings. The van der Waals surface area contributed by atoms with Crippen molar-refractivity contribution in [2.75, 3.05) is 0 Å². The molecule has 10 heavy (non-hydrogen) atoms. The Bertz CT molecular complexity index is 125. The largest absolute Gasteiger partial charge is 0.403 e. The maximum Gasteiger partial charge on any atom is 0.000755 e. The summed E-state index contributed by atoms with van der Waals surface area (Å²) < 4.78 is 0. The predicted molar refractivity (Wildman–Crippen MR) is 46.6 cm³/mol. The van der Waals surface area contributed by atoms with Crippen LogP contribution in [-0.2, 0) is 0 Å². The molecule has 0 aromatic heterocycles. The highest BCUT2D eigenvalue weighted by molar-refractivity contribution is 4.94. The van der Waals surface area contributed by atoms with Gasteiger partial charge in [-0.2, -0.15) is 0 Å². The van der Waals surface area contributed by atoms with Gasteiger partial charge in [0.05, 0.1) is 0 Å². The molecule has 0 atom stereocenters. The molecule has 58 valence electrons. The van der Waals surface area contributed by atoms with Crippen molar-refractivity contribution in [1.29, 1.82) is 0 Å². The van der Waals surface area contributed by atoms with Crippen LogP contribution < -0.4 is 5.73 Å². The molecule has 0 radical (unpaired) electrons. The fourth-order valence-corrected chi connectivity index (χ4v) is 0.742. The van der Waals surface area contributed by atoms with E-state index in [1.54, 1.807) is 0 Å². The lowest BCUT2D eigenvalue weighted by atomic mass is 10.1. The molecule has 0 saturated heterocycles. The van der Waals surface area contributed by atoms with Crippen molar-refractivity contribution in [2.45, 2.75) is 32.6 Å². The summed E-state index contributed by atoms with van der Waals surface area (Å²) in [5.74, 6) is 0. The first-order chi connectivity index (χ1) is 4.66. The monoisotopic (exact) mass is 139 g/mol. The van der Waals surface area contributed by atoms with Gasteiger partial charge in [0, 0.05) is 5.70 Å². The Morgan fingerprint density at radius 2 is 1.90 bits per heavy atom. The van der Waals surface area contributed by atoms with Crippen LogP contribution in [0.25, 0.3) is 0 Å². The number of hydrogen-bond acceptors (Lipinski definition) is 1. The first-order valence-electron chi connectivity index (χ1n) is 3.76. The molecule has 0 aliphatic carbocycles. The first-order valence-corrected chi connectivity index (χ1v) is 3.76. The van der Waals surface area contributed by atoms with Gasteiger partial charge >= 0.3 is 0 Å². The molecule has 0 aromatic rings. The summed E-state index contributed by atoms with van der Waals surface area (Å²) in [7, 11) is 0. The highest BCUT2D eigenvalue weighted by Gasteiger charge is 1.91. The van der Waals surface area contributed by atoms with Crippen molar-refractivity contribution >= 4 is 0 Å². The number of hydrogen-bond donors (Lipinski definition) is 1. The van der Waals surface area contributed by atoms with E-state index >= 15 is 0 Å². The molecule has 0 aliphatic rings. The van der Waals surface area contributed by atoms with Gasteiger partial charge in [-0.05, 0) is 25.7 Å². The third kappa shape index (κ3) is 5.42. The summed E-state index contributed by atoms with van der Waals surface area (Å²) in [5.41, 5.74) is 7.48. The molecule has 1 heteroatoms. The van der Waals surface area contributed by atoms with Gasteiger partial charge in [-0.25, -0.2) is 0 Å². The number of allylic oxidation sites excluding steroid dienone is 2. The van der Waals surface area contributed by atoms with Gasteiger partial charge in [0.2, 0.25) is 0 Å². The van der Waals surface area contributed by atoms with E-state index in [0.717, 1.165) is 31.4 Å². The molecule has 0 aliphatic heterocycles. The summed E-state index contributed by atoms with van der Waals surface area (Å²) in [6, 6.07) is 0. The van der Waals surface area contributed by atoms with Crippen molar-refractivity contribution in [2.24, 2.45) is 5.73 Å². The highest BCUT2D eigenvalue weighted by Crippen LogP contribution is 2.09. The summed E-state index contributed by atoms with van der Waals surface area (Å²) in [4.78, 5) is 0. The van der Waals surface area contributed by atoms with E-state index in [4.69, 9.17) is 5.73 Å². The van der Waals surface area contributed by atoms with Crippen LogP contribution in [0.1, 0.15) is 32.6 Å². The average molecular weight is 139 g/mol. The zero-order chi connectivity index (χ0) is 7.98. The van der Waals surface area contributed by atoms with Crippen LogP contribution in [0.15, 0.2) is 24.4 Å². The Morgan fingerprint density at radius 3 is 2.30 bits per heavy atom. The van der Waals surface area contributed by atoms with Crippen LogP contribution in [0.5, 0.6) is 0 Å². The van der Waals surface area contributed by atoms with E-state index in [1.807, 2.05) is 0 Å². The summed E-state index contributed by atoms with van der Waals surface area (Å²) >= 11 is 0. The van der Waals surface area contributed by atoms with Gasteiger partial charge in [0.1, 0.15) is 0 Å². The fourth-order valence-electron chi connectivity index (χ4n) is 0.742. The van der Waals surface area contributed by atoms with Crippen LogP contribution in [0.2, 0.25) is 0 Å². The van der Waals surface area contributed by atoms with Crippen LogP contribution in [-0.4, -0.2) is 0 Å². The van der Waals surface area contributed by atoms with E-state index in [9.17, 15) is 0 Å². The Kier molecular flexibility index (Phi) is 4.73. The predicted octanol–water partition coefficient (Wildman–Crippen LogP) is 2.60. The molecule has 0 bridgehead atoms. The smallest absolute Gasteiger partial charge is 0.000755 e. The molecule has 2 N–H and O–H groups in total. The highest BCUT2D eigenvalue weighted by atomic mass is 14.5.